The van der Waals surface area contributed by atoms with Crippen LogP contribution in [-0.2, 0) is 11.2 Å². The highest BCUT2D eigenvalue weighted by Gasteiger charge is 2.32. The zero-order valence-electron chi connectivity index (χ0n) is 18.9. The lowest BCUT2D eigenvalue weighted by Crippen LogP contribution is -2.41. The maximum atomic E-state index is 14.0. The van der Waals surface area contributed by atoms with Crippen LogP contribution in [0.15, 0.2) is 47.5 Å². The van der Waals surface area contributed by atoms with E-state index in [4.69, 9.17) is 4.99 Å². The fourth-order valence-corrected chi connectivity index (χ4v) is 4.61. The van der Waals surface area contributed by atoms with E-state index in [0.29, 0.717) is 37.4 Å². The first-order valence-electron chi connectivity index (χ1n) is 11.4. The van der Waals surface area contributed by atoms with Crippen molar-refractivity contribution in [3.63, 3.8) is 0 Å². The van der Waals surface area contributed by atoms with E-state index in [1.54, 1.807) is 6.07 Å². The molecule has 33 heavy (non-hydrogen) atoms. The third kappa shape index (κ3) is 5.83. The summed E-state index contributed by atoms with van der Waals surface area (Å²) in [6, 6.07) is 12.6. The van der Waals surface area contributed by atoms with E-state index < -0.39 is 11.6 Å². The summed E-state index contributed by atoms with van der Waals surface area (Å²) < 4.78 is 27.5. The molecule has 1 fully saturated rings. The molecular weight excluding hydrogens is 537 g/mol. The van der Waals surface area contributed by atoms with Crippen molar-refractivity contribution in [1.29, 1.82) is 0 Å². The number of amides is 1. The number of hydrogen-bond acceptors (Lipinski definition) is 2. The minimum atomic E-state index is -0.828. The summed E-state index contributed by atoms with van der Waals surface area (Å²) in [5.74, 6) is -0.310. The van der Waals surface area contributed by atoms with Crippen molar-refractivity contribution in [2.24, 2.45) is 4.99 Å². The van der Waals surface area contributed by atoms with Gasteiger partial charge in [0.1, 0.15) is 0 Å². The van der Waals surface area contributed by atoms with Gasteiger partial charge >= 0.3 is 0 Å². The van der Waals surface area contributed by atoms with Crippen LogP contribution in [-0.4, -0.2) is 49.5 Å². The summed E-state index contributed by atoms with van der Waals surface area (Å²) in [5, 5.41) is 3.35. The van der Waals surface area contributed by atoms with Crippen molar-refractivity contribution in [2.45, 2.75) is 38.5 Å². The molecule has 2 aromatic carbocycles. The number of carbonyl (C=O) groups is 1. The molecule has 8 heteroatoms. The number of para-hydroxylation sites is 1. The molecule has 1 N–H and O–H groups in total. The minimum absolute atomic E-state index is 0. The van der Waals surface area contributed by atoms with E-state index >= 15 is 0 Å². The largest absolute Gasteiger partial charge is 0.356 e. The van der Waals surface area contributed by atoms with Crippen LogP contribution in [0.4, 0.5) is 14.5 Å². The number of hydrogen-bond donors (Lipinski definition) is 1. The SMILES string of the molecule is CCNC(=NCCc1cccc(F)c1F)N1CC(CCN2CCCC2=O)c2ccccc21.I. The van der Waals surface area contributed by atoms with Gasteiger partial charge in [0.15, 0.2) is 17.6 Å². The molecule has 0 aromatic heterocycles. The van der Waals surface area contributed by atoms with Gasteiger partial charge in [-0.1, -0.05) is 30.3 Å². The summed E-state index contributed by atoms with van der Waals surface area (Å²) in [6.45, 7) is 5.49. The first-order chi connectivity index (χ1) is 15.6. The van der Waals surface area contributed by atoms with Gasteiger partial charge < -0.3 is 15.1 Å². The molecule has 0 saturated carbocycles. The highest BCUT2D eigenvalue weighted by molar-refractivity contribution is 14.0. The molecule has 0 aliphatic carbocycles. The molecule has 178 valence electrons. The van der Waals surface area contributed by atoms with Crippen molar-refractivity contribution in [2.75, 3.05) is 37.6 Å². The van der Waals surface area contributed by atoms with Gasteiger partial charge in [-0.3, -0.25) is 9.79 Å². The van der Waals surface area contributed by atoms with Crippen LogP contribution in [0.25, 0.3) is 0 Å². The lowest BCUT2D eigenvalue weighted by atomic mass is 9.98. The first kappa shape index (κ1) is 25.4. The maximum Gasteiger partial charge on any atom is 0.222 e. The normalized spacial score (nSPS) is 17.8. The van der Waals surface area contributed by atoms with E-state index in [9.17, 15) is 13.6 Å². The Labute approximate surface area is 211 Å². The molecule has 1 unspecified atom stereocenters. The van der Waals surface area contributed by atoms with Crippen molar-refractivity contribution in [1.82, 2.24) is 10.2 Å². The summed E-state index contributed by atoms with van der Waals surface area (Å²) in [5.41, 5.74) is 2.71. The molecule has 2 aliphatic heterocycles. The van der Waals surface area contributed by atoms with Crippen LogP contribution >= 0.6 is 24.0 Å². The second-order valence-electron chi connectivity index (χ2n) is 8.34. The molecular formula is C25H31F2IN4O. The Morgan fingerprint density at radius 2 is 2.00 bits per heavy atom. The monoisotopic (exact) mass is 568 g/mol. The van der Waals surface area contributed by atoms with Gasteiger partial charge in [-0.25, -0.2) is 8.78 Å². The van der Waals surface area contributed by atoms with Crippen LogP contribution in [0.3, 0.4) is 0 Å². The Kier molecular flexibility index (Phi) is 9.05. The van der Waals surface area contributed by atoms with E-state index in [0.717, 1.165) is 50.2 Å². The number of halogens is 3. The Bertz CT molecular complexity index is 1000. The number of anilines is 1. The number of carbonyl (C=O) groups excluding carboxylic acids is 1. The van der Waals surface area contributed by atoms with Gasteiger partial charge in [0.25, 0.3) is 0 Å². The third-order valence-electron chi connectivity index (χ3n) is 6.25. The summed E-state index contributed by atoms with van der Waals surface area (Å²) >= 11 is 0. The van der Waals surface area contributed by atoms with E-state index in [1.807, 2.05) is 24.0 Å². The zero-order valence-corrected chi connectivity index (χ0v) is 21.2. The van der Waals surface area contributed by atoms with Crippen LogP contribution in [0.5, 0.6) is 0 Å². The average Bonchev–Trinajstić information content (AvgIpc) is 3.38. The lowest BCUT2D eigenvalue weighted by Gasteiger charge is -2.23. The van der Waals surface area contributed by atoms with Crippen molar-refractivity contribution in [3.8, 4) is 0 Å². The highest BCUT2D eigenvalue weighted by Crippen LogP contribution is 2.38. The zero-order chi connectivity index (χ0) is 22.5. The molecule has 1 atom stereocenters. The molecule has 0 spiro atoms. The minimum Gasteiger partial charge on any atom is -0.356 e. The standard InChI is InChI=1S/C25H30F2N4O.HI/c1-2-28-25(29-14-12-18-7-5-9-21(26)24(18)27)31-17-19(20-8-3-4-10-22(20)31)13-16-30-15-6-11-23(30)32;/h3-5,7-10,19H,2,6,11-17H2,1H3,(H,28,29);1H. The average molecular weight is 568 g/mol. The van der Waals surface area contributed by atoms with Gasteiger partial charge in [0.05, 0.1) is 0 Å². The fraction of sp³-hybridized carbons (Fsp3) is 0.440. The Morgan fingerprint density at radius 3 is 2.76 bits per heavy atom. The Hall–Kier alpha value is -2.23. The van der Waals surface area contributed by atoms with Crippen LogP contribution in [0.1, 0.15) is 43.2 Å². The molecule has 1 amide bonds. The van der Waals surface area contributed by atoms with Crippen molar-refractivity contribution < 1.29 is 13.6 Å². The molecule has 5 nitrogen and oxygen atoms in total. The molecule has 2 aromatic rings. The second-order valence-corrected chi connectivity index (χ2v) is 8.34. The highest BCUT2D eigenvalue weighted by atomic mass is 127. The quantitative estimate of drug-likeness (QED) is 0.299. The molecule has 0 bridgehead atoms. The van der Waals surface area contributed by atoms with Crippen LogP contribution in [0, 0.1) is 11.6 Å². The Balaban J connectivity index is 0.00000306. The van der Waals surface area contributed by atoms with Gasteiger partial charge in [0.2, 0.25) is 5.91 Å². The van der Waals surface area contributed by atoms with Gasteiger partial charge in [-0.15, -0.1) is 24.0 Å². The summed E-state index contributed by atoms with van der Waals surface area (Å²) in [6.07, 6.45) is 2.85. The van der Waals surface area contributed by atoms with Gasteiger partial charge in [0, 0.05) is 50.7 Å². The predicted molar refractivity (Wildman–Crippen MR) is 138 cm³/mol. The number of nitrogens with one attached hydrogen (secondary N) is 1. The molecule has 2 aliphatic rings. The van der Waals surface area contributed by atoms with E-state index in [2.05, 4.69) is 22.3 Å². The Morgan fingerprint density at radius 1 is 1.18 bits per heavy atom. The maximum absolute atomic E-state index is 14.0. The summed E-state index contributed by atoms with van der Waals surface area (Å²) in [7, 11) is 0. The molecule has 1 saturated heterocycles. The number of aliphatic imine (C=N–C) groups is 1. The van der Waals surface area contributed by atoms with Crippen molar-refractivity contribution in [3.05, 3.63) is 65.2 Å². The number of benzene rings is 2. The molecule has 4 rings (SSSR count). The second kappa shape index (κ2) is 11.8. The lowest BCUT2D eigenvalue weighted by molar-refractivity contribution is -0.127. The number of fused-ring (bicyclic) bond motifs is 1. The van der Waals surface area contributed by atoms with Gasteiger partial charge in [-0.05, 0) is 49.4 Å². The molecule has 0 radical (unpaired) electrons. The summed E-state index contributed by atoms with van der Waals surface area (Å²) in [4.78, 5) is 20.9. The van der Waals surface area contributed by atoms with E-state index in [1.165, 1.54) is 11.6 Å². The smallest absolute Gasteiger partial charge is 0.222 e. The topological polar surface area (TPSA) is 47.9 Å². The van der Waals surface area contributed by atoms with Crippen LogP contribution < -0.4 is 10.2 Å². The number of guanidine groups is 1. The van der Waals surface area contributed by atoms with Gasteiger partial charge in [-0.2, -0.15) is 0 Å². The number of nitrogens with zero attached hydrogens (tertiary/aromatic N) is 3. The van der Waals surface area contributed by atoms with Crippen LogP contribution in [0.2, 0.25) is 0 Å². The fourth-order valence-electron chi connectivity index (χ4n) is 4.61. The third-order valence-corrected chi connectivity index (χ3v) is 6.25. The van der Waals surface area contributed by atoms with Crippen molar-refractivity contribution >= 4 is 41.5 Å². The first-order valence-corrected chi connectivity index (χ1v) is 11.4. The molecule has 2 heterocycles. The number of likely N-dealkylation sites (tertiary alicyclic amines) is 1. The number of rotatable bonds is 7. The van der Waals surface area contributed by atoms with E-state index in [-0.39, 0.29) is 29.9 Å². The predicted octanol–water partition coefficient (Wildman–Crippen LogP) is 4.71.